The third-order valence-corrected chi connectivity index (χ3v) is 8.27. The number of aromatic nitrogens is 1. The minimum Gasteiger partial charge on any atom is -0.493 e. The molecule has 1 fully saturated rings. The summed E-state index contributed by atoms with van der Waals surface area (Å²) >= 11 is 0. The quantitative estimate of drug-likeness (QED) is 0.201. The van der Waals surface area contributed by atoms with Gasteiger partial charge in [-0.15, -0.1) is 0 Å². The van der Waals surface area contributed by atoms with E-state index in [0.29, 0.717) is 33.7 Å². The average molecular weight is 632 g/mol. The van der Waals surface area contributed by atoms with Gasteiger partial charge in [0.05, 0.1) is 19.7 Å². The number of carbonyl (C=O) groups excluding carboxylic acids is 2. The Morgan fingerprint density at radius 3 is 2.17 bits per heavy atom. The Labute approximate surface area is 267 Å². The van der Waals surface area contributed by atoms with Gasteiger partial charge in [0.2, 0.25) is 5.91 Å². The zero-order valence-corrected chi connectivity index (χ0v) is 26.7. The number of amides is 2. The highest BCUT2D eigenvalue weighted by Crippen LogP contribution is 2.38. The topological polar surface area (TPSA) is 90.0 Å². The van der Waals surface area contributed by atoms with Crippen molar-refractivity contribution in [2.24, 2.45) is 5.41 Å². The Morgan fingerprint density at radius 2 is 1.54 bits per heavy atom. The van der Waals surface area contributed by atoms with Gasteiger partial charge in [0.15, 0.2) is 23.1 Å². The number of anilines is 1. The number of fused-ring (bicyclic) bond motifs is 1. The number of halogens is 2. The van der Waals surface area contributed by atoms with Crippen molar-refractivity contribution >= 4 is 28.4 Å². The first-order valence-electron chi connectivity index (χ1n) is 15.4. The van der Waals surface area contributed by atoms with Crippen molar-refractivity contribution in [3.05, 3.63) is 84.1 Å². The van der Waals surface area contributed by atoms with E-state index in [1.165, 1.54) is 50.6 Å². The molecule has 0 saturated heterocycles. The number of carbonyl (C=O) groups is 2. The standard InChI is InChI=1S/C36H39F2N3O5/c1-36(2,3)33(41(25-9-7-6-8-10-25)35(43)22-11-13-23(37)14-12-22)34(42)40-24-15-16-30(27(38)19-24)46-29-17-18-39-28-21-32(45-5)31(44-4)20-26(28)29/h11-21,25,33H,6-10H2,1-5H3,(H,40,42). The number of rotatable bonds is 9. The Hall–Kier alpha value is -4.73. The van der Waals surface area contributed by atoms with E-state index in [-0.39, 0.29) is 23.4 Å². The molecule has 0 aliphatic heterocycles. The fourth-order valence-corrected chi connectivity index (χ4v) is 6.06. The molecule has 1 heterocycles. The van der Waals surface area contributed by atoms with Crippen molar-refractivity contribution in [2.75, 3.05) is 19.5 Å². The molecular formula is C36H39F2N3O5. The van der Waals surface area contributed by atoms with Crippen molar-refractivity contribution in [3.63, 3.8) is 0 Å². The fourth-order valence-electron chi connectivity index (χ4n) is 6.06. The molecular weight excluding hydrogens is 592 g/mol. The predicted molar refractivity (Wildman–Crippen MR) is 173 cm³/mol. The van der Waals surface area contributed by atoms with E-state index < -0.39 is 29.0 Å². The van der Waals surface area contributed by atoms with Crippen LogP contribution in [0.2, 0.25) is 0 Å². The van der Waals surface area contributed by atoms with Crippen LogP contribution < -0.4 is 19.5 Å². The molecule has 0 spiro atoms. The van der Waals surface area contributed by atoms with Crippen LogP contribution in [-0.2, 0) is 4.79 Å². The lowest BCUT2D eigenvalue weighted by molar-refractivity contribution is -0.125. The summed E-state index contributed by atoms with van der Waals surface area (Å²) in [6.07, 6.45) is 6.01. The smallest absolute Gasteiger partial charge is 0.254 e. The van der Waals surface area contributed by atoms with E-state index in [9.17, 15) is 14.0 Å². The second-order valence-electron chi connectivity index (χ2n) is 12.5. The van der Waals surface area contributed by atoms with Gasteiger partial charge < -0.3 is 24.4 Å². The van der Waals surface area contributed by atoms with E-state index in [1.807, 2.05) is 20.8 Å². The molecule has 1 saturated carbocycles. The number of hydrogen-bond acceptors (Lipinski definition) is 6. The Kier molecular flexibility index (Phi) is 9.74. The normalized spacial score (nSPS) is 14.4. The van der Waals surface area contributed by atoms with Gasteiger partial charge in [-0.05, 0) is 66.8 Å². The molecule has 1 aromatic heterocycles. The second kappa shape index (κ2) is 13.7. The minimum absolute atomic E-state index is 0.0528. The summed E-state index contributed by atoms with van der Waals surface area (Å²) in [5, 5.41) is 3.44. The van der Waals surface area contributed by atoms with Crippen LogP contribution in [0, 0.1) is 17.0 Å². The van der Waals surface area contributed by atoms with Crippen LogP contribution in [0.3, 0.4) is 0 Å². The van der Waals surface area contributed by atoms with Gasteiger partial charge in [-0.1, -0.05) is 40.0 Å². The summed E-state index contributed by atoms with van der Waals surface area (Å²) in [4.78, 5) is 34.0. The fraction of sp³-hybridized carbons (Fsp3) is 0.361. The van der Waals surface area contributed by atoms with E-state index in [1.54, 1.807) is 35.4 Å². The van der Waals surface area contributed by atoms with E-state index >= 15 is 4.39 Å². The number of pyridine rings is 1. The summed E-state index contributed by atoms with van der Waals surface area (Å²) in [6, 6.07) is 13.5. The average Bonchev–Trinajstić information content (AvgIpc) is 3.04. The van der Waals surface area contributed by atoms with E-state index in [0.717, 1.165) is 32.1 Å². The Bertz CT molecular complexity index is 1720. The third-order valence-electron chi connectivity index (χ3n) is 8.27. The molecule has 1 unspecified atom stereocenters. The van der Waals surface area contributed by atoms with Gasteiger partial charge in [0.1, 0.15) is 17.6 Å². The third kappa shape index (κ3) is 7.06. The highest BCUT2D eigenvalue weighted by atomic mass is 19.1. The molecule has 46 heavy (non-hydrogen) atoms. The van der Waals surface area contributed by atoms with Crippen LogP contribution in [0.25, 0.3) is 10.9 Å². The highest BCUT2D eigenvalue weighted by molar-refractivity contribution is 6.02. The number of nitrogens with zero attached hydrogens (tertiary/aromatic N) is 2. The highest BCUT2D eigenvalue weighted by Gasteiger charge is 2.43. The van der Waals surface area contributed by atoms with Crippen LogP contribution in [0.4, 0.5) is 14.5 Å². The SMILES string of the molecule is COc1cc2nccc(Oc3ccc(NC(=O)C(N(C(=O)c4ccc(F)cc4)C4CCCCC4)C(C)(C)C)cc3F)c2cc1OC. The maximum atomic E-state index is 15.5. The molecule has 3 aromatic carbocycles. The van der Waals surface area contributed by atoms with Gasteiger partial charge in [-0.3, -0.25) is 14.6 Å². The lowest BCUT2D eigenvalue weighted by Crippen LogP contribution is -2.58. The van der Waals surface area contributed by atoms with Gasteiger partial charge in [-0.2, -0.15) is 0 Å². The molecule has 1 atom stereocenters. The van der Waals surface area contributed by atoms with Crippen LogP contribution in [0.15, 0.2) is 66.9 Å². The molecule has 0 radical (unpaired) electrons. The number of hydrogen-bond donors (Lipinski definition) is 1. The summed E-state index contributed by atoms with van der Waals surface area (Å²) in [6.45, 7) is 5.68. The van der Waals surface area contributed by atoms with E-state index in [4.69, 9.17) is 14.2 Å². The minimum atomic E-state index is -0.887. The Balaban J connectivity index is 1.42. The molecule has 242 valence electrons. The number of methoxy groups -OCH3 is 2. The maximum Gasteiger partial charge on any atom is 0.254 e. The van der Waals surface area contributed by atoms with Crippen molar-refractivity contribution in [1.82, 2.24) is 9.88 Å². The first-order chi connectivity index (χ1) is 22.0. The predicted octanol–water partition coefficient (Wildman–Crippen LogP) is 8.15. The van der Waals surface area contributed by atoms with Crippen molar-refractivity contribution in [2.45, 2.75) is 65.0 Å². The second-order valence-corrected chi connectivity index (χ2v) is 12.5. The first kappa shape index (κ1) is 32.7. The Morgan fingerprint density at radius 1 is 0.870 bits per heavy atom. The number of nitrogens with one attached hydrogen (secondary N) is 1. The molecule has 1 N–H and O–H groups in total. The summed E-state index contributed by atoms with van der Waals surface area (Å²) in [7, 11) is 3.05. The van der Waals surface area contributed by atoms with Crippen LogP contribution in [-0.4, -0.2) is 48.0 Å². The summed E-state index contributed by atoms with van der Waals surface area (Å²) in [5.74, 6) is -0.640. The van der Waals surface area contributed by atoms with Crippen molar-refractivity contribution < 1.29 is 32.6 Å². The molecule has 5 rings (SSSR count). The molecule has 8 nitrogen and oxygen atoms in total. The van der Waals surface area contributed by atoms with Crippen LogP contribution >= 0.6 is 0 Å². The summed E-state index contributed by atoms with van der Waals surface area (Å²) < 4.78 is 45.9. The van der Waals surface area contributed by atoms with Crippen LogP contribution in [0.5, 0.6) is 23.0 Å². The monoisotopic (exact) mass is 631 g/mol. The number of ether oxygens (including phenoxy) is 3. The van der Waals surface area contributed by atoms with Gasteiger partial charge >= 0.3 is 0 Å². The van der Waals surface area contributed by atoms with Crippen LogP contribution in [0.1, 0.15) is 63.2 Å². The van der Waals surface area contributed by atoms with Gasteiger partial charge in [0.25, 0.3) is 5.91 Å². The molecule has 1 aliphatic rings. The lowest BCUT2D eigenvalue weighted by Gasteiger charge is -2.44. The largest absolute Gasteiger partial charge is 0.493 e. The van der Waals surface area contributed by atoms with Crippen molar-refractivity contribution in [1.29, 1.82) is 0 Å². The number of benzene rings is 3. The van der Waals surface area contributed by atoms with Gasteiger partial charge in [0, 0.05) is 41.0 Å². The van der Waals surface area contributed by atoms with Gasteiger partial charge in [-0.25, -0.2) is 8.78 Å². The zero-order valence-electron chi connectivity index (χ0n) is 26.7. The summed E-state index contributed by atoms with van der Waals surface area (Å²) in [5.41, 5.74) is 0.421. The molecule has 10 heteroatoms. The van der Waals surface area contributed by atoms with Crippen molar-refractivity contribution in [3.8, 4) is 23.0 Å². The molecule has 2 amide bonds. The molecule has 0 bridgehead atoms. The molecule has 1 aliphatic carbocycles. The first-order valence-corrected chi connectivity index (χ1v) is 15.4. The zero-order chi connectivity index (χ0) is 33.0. The maximum absolute atomic E-state index is 15.5. The molecule has 4 aromatic rings. The lowest BCUT2D eigenvalue weighted by atomic mass is 9.82. The van der Waals surface area contributed by atoms with E-state index in [2.05, 4.69) is 10.3 Å².